The number of likely N-dealkylation sites (tertiary alicyclic amines) is 1. The second-order valence-corrected chi connectivity index (χ2v) is 10.4. The molecule has 6 nitrogen and oxygen atoms in total. The van der Waals surface area contributed by atoms with E-state index in [-0.39, 0.29) is 11.4 Å². The Morgan fingerprint density at radius 3 is 2.57 bits per heavy atom. The Bertz CT molecular complexity index is 1030. The fraction of sp³-hybridized carbons (Fsp3) is 0.571. The maximum absolute atomic E-state index is 13.4. The molecule has 0 aromatic heterocycles. The van der Waals surface area contributed by atoms with E-state index < -0.39 is 5.79 Å². The van der Waals surface area contributed by atoms with Gasteiger partial charge in [0, 0.05) is 37.7 Å². The summed E-state index contributed by atoms with van der Waals surface area (Å²) < 4.78 is 31.1. The van der Waals surface area contributed by atoms with Crippen molar-refractivity contribution in [3.63, 3.8) is 0 Å². The van der Waals surface area contributed by atoms with Crippen molar-refractivity contribution in [1.29, 1.82) is 0 Å². The van der Waals surface area contributed by atoms with Gasteiger partial charge < -0.3 is 29.3 Å². The first-order valence-corrected chi connectivity index (χ1v) is 13.1. The summed E-state index contributed by atoms with van der Waals surface area (Å²) in [5.74, 6) is -0.0572. The topological polar surface area (TPSA) is 46.2 Å². The fourth-order valence-corrected chi connectivity index (χ4v) is 6.76. The molecule has 35 heavy (non-hydrogen) atoms. The predicted octanol–water partition coefficient (Wildman–Crippen LogP) is 4.74. The van der Waals surface area contributed by atoms with Gasteiger partial charge in [0.25, 0.3) is 0 Å². The zero-order chi connectivity index (χ0) is 23.9. The average molecular weight is 482 g/mol. The van der Waals surface area contributed by atoms with Crippen LogP contribution in [0.2, 0.25) is 0 Å². The van der Waals surface area contributed by atoms with Crippen LogP contribution in [0.25, 0.3) is 0 Å². The molecule has 188 valence electrons. The molecular formula is C28H36FN3O3. The zero-order valence-corrected chi connectivity index (χ0v) is 20.6. The highest BCUT2D eigenvalue weighted by Crippen LogP contribution is 2.48. The van der Waals surface area contributed by atoms with Crippen LogP contribution in [0.3, 0.4) is 0 Å². The van der Waals surface area contributed by atoms with Crippen LogP contribution in [-0.2, 0) is 15.3 Å². The van der Waals surface area contributed by atoms with Gasteiger partial charge in [0.15, 0.2) is 5.79 Å². The number of hydrogen-bond acceptors (Lipinski definition) is 6. The molecule has 1 N–H and O–H groups in total. The fourth-order valence-electron chi connectivity index (χ4n) is 6.76. The first-order valence-electron chi connectivity index (χ1n) is 13.1. The van der Waals surface area contributed by atoms with E-state index in [0.717, 1.165) is 63.2 Å². The molecule has 7 heteroatoms. The number of hydrogen-bond donors (Lipinski definition) is 1. The van der Waals surface area contributed by atoms with Gasteiger partial charge in [0.1, 0.15) is 11.6 Å². The van der Waals surface area contributed by atoms with Crippen LogP contribution in [0.15, 0.2) is 42.5 Å². The molecule has 1 spiro atoms. The number of nitrogens with zero attached hydrogens (tertiary/aromatic N) is 2. The van der Waals surface area contributed by atoms with Gasteiger partial charge in [-0.1, -0.05) is 12.1 Å². The normalized spacial score (nSPS) is 24.7. The summed E-state index contributed by atoms with van der Waals surface area (Å²) >= 11 is 0. The van der Waals surface area contributed by atoms with Crippen LogP contribution >= 0.6 is 0 Å². The van der Waals surface area contributed by atoms with Crippen LogP contribution in [-0.4, -0.2) is 63.0 Å². The number of anilines is 2. The van der Waals surface area contributed by atoms with Crippen molar-refractivity contribution in [3.8, 4) is 5.75 Å². The van der Waals surface area contributed by atoms with Crippen molar-refractivity contribution in [2.24, 2.45) is 0 Å². The van der Waals surface area contributed by atoms with Crippen LogP contribution in [0.4, 0.5) is 15.8 Å². The third-order valence-electron chi connectivity index (χ3n) is 8.55. The molecule has 0 amide bonds. The van der Waals surface area contributed by atoms with E-state index in [1.165, 1.54) is 36.3 Å². The van der Waals surface area contributed by atoms with E-state index in [9.17, 15) is 4.39 Å². The lowest BCUT2D eigenvalue weighted by atomic mass is 9.77. The van der Waals surface area contributed by atoms with Crippen molar-refractivity contribution in [3.05, 3.63) is 53.8 Å². The van der Waals surface area contributed by atoms with Gasteiger partial charge in [0.05, 0.1) is 43.3 Å². The Hall–Kier alpha value is -2.35. The first-order chi connectivity index (χ1) is 17.1. The van der Waals surface area contributed by atoms with Gasteiger partial charge in [0.2, 0.25) is 0 Å². The SMILES string of the molecule is COc1ccc2c(c1)NC1(CCN(CCCC3(c4ccc(F)cc4)OCCO3)CC1)C1CCCN21. The molecule has 0 radical (unpaired) electrons. The minimum atomic E-state index is -0.733. The highest BCUT2D eigenvalue weighted by atomic mass is 19.1. The number of rotatable bonds is 6. The van der Waals surface area contributed by atoms with E-state index >= 15 is 0 Å². The maximum atomic E-state index is 13.4. The Balaban J connectivity index is 1.09. The lowest BCUT2D eigenvalue weighted by molar-refractivity contribution is -0.172. The van der Waals surface area contributed by atoms with Crippen molar-refractivity contribution < 1.29 is 18.6 Å². The molecule has 6 rings (SSSR count). The maximum Gasteiger partial charge on any atom is 0.195 e. The van der Waals surface area contributed by atoms with Gasteiger partial charge in [-0.25, -0.2) is 4.39 Å². The number of nitrogens with one attached hydrogen (secondary N) is 1. The second kappa shape index (κ2) is 9.26. The largest absolute Gasteiger partial charge is 0.497 e. The quantitative estimate of drug-likeness (QED) is 0.643. The van der Waals surface area contributed by atoms with Gasteiger partial charge in [-0.05, 0) is 62.9 Å². The van der Waals surface area contributed by atoms with Gasteiger partial charge in [-0.2, -0.15) is 0 Å². The van der Waals surface area contributed by atoms with Gasteiger partial charge in [-0.3, -0.25) is 0 Å². The number of halogens is 1. The molecule has 2 aromatic carbocycles. The van der Waals surface area contributed by atoms with Crippen molar-refractivity contribution in [1.82, 2.24) is 4.90 Å². The Labute approximate surface area is 207 Å². The predicted molar refractivity (Wildman–Crippen MR) is 135 cm³/mol. The number of ether oxygens (including phenoxy) is 3. The molecule has 1 atom stereocenters. The highest BCUT2D eigenvalue weighted by Gasteiger charge is 2.49. The Kier molecular flexibility index (Phi) is 6.11. The lowest BCUT2D eigenvalue weighted by Gasteiger charge is -2.53. The second-order valence-electron chi connectivity index (χ2n) is 10.4. The molecule has 3 saturated heterocycles. The van der Waals surface area contributed by atoms with Gasteiger partial charge >= 0.3 is 0 Å². The lowest BCUT2D eigenvalue weighted by Crippen LogP contribution is -2.62. The van der Waals surface area contributed by atoms with E-state index in [0.29, 0.717) is 19.3 Å². The summed E-state index contributed by atoms with van der Waals surface area (Å²) in [5.41, 5.74) is 3.58. The number of piperidine rings is 1. The van der Waals surface area contributed by atoms with Crippen LogP contribution in [0.5, 0.6) is 5.75 Å². The Morgan fingerprint density at radius 1 is 1.06 bits per heavy atom. The van der Waals surface area contributed by atoms with Crippen molar-refractivity contribution >= 4 is 11.4 Å². The summed E-state index contributed by atoms with van der Waals surface area (Å²) in [7, 11) is 1.74. The van der Waals surface area contributed by atoms with Crippen molar-refractivity contribution in [2.45, 2.75) is 55.9 Å². The van der Waals surface area contributed by atoms with E-state index in [2.05, 4.69) is 33.3 Å². The summed E-state index contributed by atoms with van der Waals surface area (Å²) in [6.45, 7) is 5.50. The third kappa shape index (κ3) is 4.17. The highest BCUT2D eigenvalue weighted by molar-refractivity contribution is 5.76. The smallest absolute Gasteiger partial charge is 0.195 e. The zero-order valence-electron chi connectivity index (χ0n) is 20.6. The minimum absolute atomic E-state index is 0.124. The number of methoxy groups -OCH3 is 1. The molecule has 1 unspecified atom stereocenters. The molecule has 2 aromatic rings. The standard InChI is InChI=1S/C28H36FN3O3/c1-33-23-9-10-25-24(20-23)30-27(26-4-2-15-32(25)26)12-16-31(17-13-27)14-3-11-28(34-18-19-35-28)21-5-7-22(29)8-6-21/h5-10,20,26,30H,2-4,11-19H2,1H3. The molecule has 4 heterocycles. The van der Waals surface area contributed by atoms with Gasteiger partial charge in [-0.15, -0.1) is 0 Å². The monoisotopic (exact) mass is 481 g/mol. The van der Waals surface area contributed by atoms with E-state index in [1.54, 1.807) is 19.2 Å². The summed E-state index contributed by atoms with van der Waals surface area (Å²) in [6, 6.07) is 13.6. The van der Waals surface area contributed by atoms with Crippen LogP contribution in [0.1, 0.15) is 44.1 Å². The van der Waals surface area contributed by atoms with Crippen LogP contribution < -0.4 is 15.0 Å². The molecular weight excluding hydrogens is 445 g/mol. The van der Waals surface area contributed by atoms with E-state index in [4.69, 9.17) is 14.2 Å². The third-order valence-corrected chi connectivity index (χ3v) is 8.55. The Morgan fingerprint density at radius 2 is 1.83 bits per heavy atom. The number of benzene rings is 2. The summed E-state index contributed by atoms with van der Waals surface area (Å²) in [6.07, 6.45) is 6.55. The molecule has 4 aliphatic heterocycles. The minimum Gasteiger partial charge on any atom is -0.497 e. The summed E-state index contributed by atoms with van der Waals surface area (Å²) in [5, 5.41) is 3.99. The molecule has 3 fully saturated rings. The van der Waals surface area contributed by atoms with E-state index in [1.807, 2.05) is 0 Å². The van der Waals surface area contributed by atoms with Crippen molar-refractivity contribution in [2.75, 3.05) is 56.7 Å². The first kappa shape index (κ1) is 23.1. The average Bonchev–Trinajstić information content (AvgIpc) is 3.57. The molecule has 0 bridgehead atoms. The number of fused-ring (bicyclic) bond motifs is 4. The van der Waals surface area contributed by atoms with Crippen LogP contribution in [0, 0.1) is 5.82 Å². The molecule has 0 saturated carbocycles. The summed E-state index contributed by atoms with van der Waals surface area (Å²) in [4.78, 5) is 5.22. The molecule has 0 aliphatic carbocycles. The molecule has 4 aliphatic rings.